The minimum absolute atomic E-state index is 0.344. The zero-order chi connectivity index (χ0) is 24.3. The summed E-state index contributed by atoms with van der Waals surface area (Å²) in [6, 6.07) is 19.6. The number of carbonyl (C=O) groups is 3. The average Bonchev–Trinajstić information content (AvgIpc) is 2.86. The first-order valence-corrected chi connectivity index (χ1v) is 10.3. The molecule has 0 fully saturated rings. The average molecular weight is 461 g/mol. The van der Waals surface area contributed by atoms with Gasteiger partial charge in [0.1, 0.15) is 17.2 Å². The molecule has 0 spiro atoms. The van der Waals surface area contributed by atoms with Crippen molar-refractivity contribution in [1.82, 2.24) is 5.43 Å². The third-order valence-corrected chi connectivity index (χ3v) is 4.43. The lowest BCUT2D eigenvalue weighted by atomic mass is 10.2. The zero-order valence-electron chi connectivity index (χ0n) is 18.6. The third kappa shape index (κ3) is 6.92. The summed E-state index contributed by atoms with van der Waals surface area (Å²) in [6.07, 6.45) is 1.36. The van der Waals surface area contributed by atoms with Crippen LogP contribution in [0, 0.1) is 0 Å². The molecule has 2 amide bonds. The Bertz CT molecular complexity index is 1160. The van der Waals surface area contributed by atoms with E-state index in [1.165, 1.54) is 6.21 Å². The molecule has 0 atom stereocenters. The molecule has 174 valence electrons. The summed E-state index contributed by atoms with van der Waals surface area (Å²) in [5.41, 5.74) is 3.62. The molecule has 0 aliphatic carbocycles. The Labute approximate surface area is 196 Å². The summed E-state index contributed by atoms with van der Waals surface area (Å²) in [5, 5.41) is 6.24. The van der Waals surface area contributed by atoms with Gasteiger partial charge in [-0.1, -0.05) is 0 Å². The van der Waals surface area contributed by atoms with Crippen LogP contribution in [-0.4, -0.2) is 37.7 Å². The highest BCUT2D eigenvalue weighted by molar-refractivity contribution is 6.39. The summed E-state index contributed by atoms with van der Waals surface area (Å²) in [4.78, 5) is 36.1. The molecule has 34 heavy (non-hydrogen) atoms. The van der Waals surface area contributed by atoms with Gasteiger partial charge in [-0.2, -0.15) is 5.10 Å². The van der Waals surface area contributed by atoms with Gasteiger partial charge in [0.25, 0.3) is 0 Å². The Morgan fingerprint density at radius 3 is 2.06 bits per heavy atom. The van der Waals surface area contributed by atoms with Crippen molar-refractivity contribution in [1.29, 1.82) is 0 Å². The van der Waals surface area contributed by atoms with Gasteiger partial charge >= 0.3 is 17.8 Å². The van der Waals surface area contributed by atoms with E-state index in [0.29, 0.717) is 40.7 Å². The smallest absolute Gasteiger partial charge is 0.343 e. The van der Waals surface area contributed by atoms with Gasteiger partial charge in [-0.15, -0.1) is 0 Å². The van der Waals surface area contributed by atoms with Crippen molar-refractivity contribution in [2.75, 3.05) is 19.0 Å². The lowest BCUT2D eigenvalue weighted by molar-refractivity contribution is -0.136. The first kappa shape index (κ1) is 24.0. The van der Waals surface area contributed by atoms with Crippen molar-refractivity contribution < 1.29 is 28.6 Å². The van der Waals surface area contributed by atoms with E-state index in [-0.39, 0.29) is 0 Å². The topological polar surface area (TPSA) is 115 Å². The predicted octanol–water partition coefficient (Wildman–Crippen LogP) is 3.40. The molecule has 0 aromatic heterocycles. The van der Waals surface area contributed by atoms with E-state index in [1.807, 2.05) is 6.92 Å². The van der Waals surface area contributed by atoms with Crippen LogP contribution in [0.15, 0.2) is 77.9 Å². The van der Waals surface area contributed by atoms with E-state index in [1.54, 1.807) is 79.9 Å². The number of hydrazone groups is 1. The summed E-state index contributed by atoms with van der Waals surface area (Å²) >= 11 is 0. The molecule has 3 aromatic carbocycles. The van der Waals surface area contributed by atoms with E-state index >= 15 is 0 Å². The molecular formula is C25H23N3O6. The van der Waals surface area contributed by atoms with Crippen molar-refractivity contribution in [2.45, 2.75) is 6.92 Å². The lowest BCUT2D eigenvalue weighted by Crippen LogP contribution is -2.32. The number of hydrogen-bond acceptors (Lipinski definition) is 7. The van der Waals surface area contributed by atoms with Crippen molar-refractivity contribution in [2.24, 2.45) is 5.10 Å². The van der Waals surface area contributed by atoms with Gasteiger partial charge in [0, 0.05) is 5.69 Å². The fourth-order valence-corrected chi connectivity index (χ4v) is 2.72. The maximum absolute atomic E-state index is 12.2. The minimum Gasteiger partial charge on any atom is -0.497 e. The maximum Gasteiger partial charge on any atom is 0.343 e. The molecule has 3 rings (SSSR count). The van der Waals surface area contributed by atoms with Crippen molar-refractivity contribution >= 4 is 29.7 Å². The molecule has 0 aliphatic rings. The highest BCUT2D eigenvalue weighted by Gasteiger charge is 2.13. The number of amides is 2. The van der Waals surface area contributed by atoms with E-state index in [0.717, 1.165) is 0 Å². The largest absolute Gasteiger partial charge is 0.497 e. The summed E-state index contributed by atoms with van der Waals surface area (Å²) in [6.45, 7) is 2.40. The molecule has 0 unspecified atom stereocenters. The van der Waals surface area contributed by atoms with Gasteiger partial charge in [-0.05, 0) is 85.3 Å². The van der Waals surface area contributed by atoms with Gasteiger partial charge in [-0.3, -0.25) is 9.59 Å². The number of nitrogens with zero attached hydrogens (tertiary/aromatic N) is 1. The number of ether oxygens (including phenoxy) is 3. The Balaban J connectivity index is 1.48. The number of benzene rings is 3. The van der Waals surface area contributed by atoms with Crippen LogP contribution in [0.4, 0.5) is 5.69 Å². The predicted molar refractivity (Wildman–Crippen MR) is 126 cm³/mol. The van der Waals surface area contributed by atoms with Gasteiger partial charge in [0.2, 0.25) is 0 Å². The van der Waals surface area contributed by atoms with E-state index in [4.69, 9.17) is 14.2 Å². The van der Waals surface area contributed by atoms with Crippen LogP contribution in [0.25, 0.3) is 0 Å². The number of esters is 1. The molecule has 0 heterocycles. The molecule has 0 saturated carbocycles. The van der Waals surface area contributed by atoms with E-state index < -0.39 is 17.8 Å². The van der Waals surface area contributed by atoms with Crippen molar-refractivity contribution in [3.8, 4) is 17.2 Å². The van der Waals surface area contributed by atoms with E-state index in [2.05, 4.69) is 15.8 Å². The van der Waals surface area contributed by atoms with Gasteiger partial charge < -0.3 is 19.5 Å². The third-order valence-electron chi connectivity index (χ3n) is 4.43. The fourth-order valence-electron chi connectivity index (χ4n) is 2.72. The number of anilines is 1. The molecule has 2 N–H and O–H groups in total. The Hall–Kier alpha value is -4.66. The van der Waals surface area contributed by atoms with Crippen LogP contribution < -0.4 is 25.0 Å². The van der Waals surface area contributed by atoms with Crippen LogP contribution in [-0.2, 0) is 9.59 Å². The molecule has 0 saturated heterocycles. The lowest BCUT2D eigenvalue weighted by Gasteiger charge is -2.06. The Kier molecular flexibility index (Phi) is 8.34. The quantitative estimate of drug-likeness (QED) is 0.175. The second kappa shape index (κ2) is 11.8. The number of hydrogen-bond donors (Lipinski definition) is 2. The maximum atomic E-state index is 12.2. The van der Waals surface area contributed by atoms with Crippen molar-refractivity contribution in [3.05, 3.63) is 83.9 Å². The number of methoxy groups -OCH3 is 1. The van der Waals surface area contributed by atoms with E-state index in [9.17, 15) is 14.4 Å². The van der Waals surface area contributed by atoms with Crippen LogP contribution >= 0.6 is 0 Å². The second-order valence-electron chi connectivity index (χ2n) is 6.80. The molecule has 0 bridgehead atoms. The Morgan fingerprint density at radius 2 is 1.44 bits per heavy atom. The SMILES string of the molecule is CCOc1ccc(NC(=O)C(=O)N/N=C/c2ccc(OC(=O)c3ccc(OC)cc3)cc2)cc1. The fraction of sp³-hybridized carbons (Fsp3) is 0.120. The van der Waals surface area contributed by atoms with Crippen LogP contribution in [0.3, 0.4) is 0 Å². The molecular weight excluding hydrogens is 438 g/mol. The zero-order valence-corrected chi connectivity index (χ0v) is 18.6. The van der Waals surface area contributed by atoms with Crippen LogP contribution in [0.2, 0.25) is 0 Å². The molecule has 0 aliphatic heterocycles. The molecule has 9 nitrogen and oxygen atoms in total. The molecule has 3 aromatic rings. The standard InChI is InChI=1S/C25H23N3O6/c1-3-33-21-14-8-19(9-15-21)27-23(29)24(30)28-26-16-17-4-10-22(11-5-17)34-25(31)18-6-12-20(32-2)13-7-18/h4-16H,3H2,1-2H3,(H,27,29)(H,28,30)/b26-16+. The summed E-state index contributed by atoms with van der Waals surface area (Å²) in [7, 11) is 1.54. The normalized spacial score (nSPS) is 10.4. The highest BCUT2D eigenvalue weighted by atomic mass is 16.5. The highest BCUT2D eigenvalue weighted by Crippen LogP contribution is 2.17. The number of nitrogens with one attached hydrogen (secondary N) is 2. The monoisotopic (exact) mass is 461 g/mol. The van der Waals surface area contributed by atoms with Crippen LogP contribution in [0.5, 0.6) is 17.2 Å². The summed E-state index contributed by atoms with van der Waals surface area (Å²) in [5.74, 6) is -0.638. The first-order chi connectivity index (χ1) is 16.5. The first-order valence-electron chi connectivity index (χ1n) is 10.3. The number of rotatable bonds is 8. The molecule has 9 heteroatoms. The van der Waals surface area contributed by atoms with Gasteiger partial charge in [0.05, 0.1) is 25.5 Å². The Morgan fingerprint density at radius 1 is 0.824 bits per heavy atom. The summed E-state index contributed by atoms with van der Waals surface area (Å²) < 4.78 is 15.7. The van der Waals surface area contributed by atoms with Crippen molar-refractivity contribution in [3.63, 3.8) is 0 Å². The minimum atomic E-state index is -0.921. The van der Waals surface area contributed by atoms with Crippen LogP contribution in [0.1, 0.15) is 22.8 Å². The second-order valence-corrected chi connectivity index (χ2v) is 6.80. The number of carbonyl (C=O) groups excluding carboxylic acids is 3. The van der Waals surface area contributed by atoms with Gasteiger partial charge in [-0.25, -0.2) is 10.2 Å². The molecule has 0 radical (unpaired) electrons. The van der Waals surface area contributed by atoms with Gasteiger partial charge in [0.15, 0.2) is 0 Å².